The smallest absolute Gasteiger partial charge is 0.246 e. The second-order valence-corrected chi connectivity index (χ2v) is 17.7. The fourth-order valence-corrected chi connectivity index (χ4v) is 3.65. The molecule has 0 bridgehead atoms. The van der Waals surface area contributed by atoms with Gasteiger partial charge < -0.3 is 9.47 Å². The SMILES string of the molecule is COC1(OC)C(Cl)=C(C#C[Si](C)(C)C)C(C#C[Si](C)(C)C)=C1Cl. The highest BCUT2D eigenvalue weighted by Gasteiger charge is 2.47. The van der Waals surface area contributed by atoms with Gasteiger partial charge in [-0.3, -0.25) is 0 Å². The maximum absolute atomic E-state index is 6.53. The van der Waals surface area contributed by atoms with Gasteiger partial charge in [0, 0.05) is 14.2 Å². The van der Waals surface area contributed by atoms with Crippen LogP contribution in [0.2, 0.25) is 39.3 Å². The lowest BCUT2D eigenvalue weighted by Gasteiger charge is -2.26. The van der Waals surface area contributed by atoms with E-state index in [1.54, 1.807) is 0 Å². The number of methoxy groups -OCH3 is 2. The van der Waals surface area contributed by atoms with Gasteiger partial charge >= 0.3 is 0 Å². The molecule has 0 unspecified atom stereocenters. The molecule has 23 heavy (non-hydrogen) atoms. The summed E-state index contributed by atoms with van der Waals surface area (Å²) >= 11 is 13.1. The molecule has 0 atom stereocenters. The third kappa shape index (κ3) is 4.76. The molecule has 126 valence electrons. The first kappa shape index (κ1) is 20.6. The van der Waals surface area contributed by atoms with Crippen LogP contribution in [0.25, 0.3) is 0 Å². The molecule has 0 aromatic heterocycles. The lowest BCUT2D eigenvalue weighted by molar-refractivity contribution is -0.138. The summed E-state index contributed by atoms with van der Waals surface area (Å²) in [4.78, 5) is 0. The van der Waals surface area contributed by atoms with Crippen LogP contribution in [0.1, 0.15) is 0 Å². The molecule has 0 fully saturated rings. The minimum Gasteiger partial charge on any atom is -0.344 e. The van der Waals surface area contributed by atoms with E-state index in [1.165, 1.54) is 14.2 Å². The highest BCUT2D eigenvalue weighted by molar-refractivity contribution is 6.84. The van der Waals surface area contributed by atoms with E-state index >= 15 is 0 Å². The van der Waals surface area contributed by atoms with Crippen LogP contribution in [-0.2, 0) is 9.47 Å². The van der Waals surface area contributed by atoms with Gasteiger partial charge in [0.25, 0.3) is 0 Å². The van der Waals surface area contributed by atoms with E-state index in [4.69, 9.17) is 32.7 Å². The molecule has 0 radical (unpaired) electrons. The molecule has 0 amide bonds. The Balaban J connectivity index is 3.60. The van der Waals surface area contributed by atoms with Gasteiger partial charge in [0.1, 0.15) is 16.1 Å². The van der Waals surface area contributed by atoms with Crippen molar-refractivity contribution in [1.82, 2.24) is 0 Å². The van der Waals surface area contributed by atoms with Gasteiger partial charge in [0.15, 0.2) is 0 Å². The van der Waals surface area contributed by atoms with Crippen LogP contribution in [0.5, 0.6) is 0 Å². The van der Waals surface area contributed by atoms with Crippen LogP contribution in [0, 0.1) is 22.9 Å². The van der Waals surface area contributed by atoms with Crippen LogP contribution < -0.4 is 0 Å². The van der Waals surface area contributed by atoms with Gasteiger partial charge in [-0.25, -0.2) is 0 Å². The van der Waals surface area contributed by atoms with E-state index in [1.807, 2.05) is 0 Å². The molecule has 0 N–H and O–H groups in total. The Hall–Kier alpha value is -0.466. The van der Waals surface area contributed by atoms with Crippen LogP contribution in [0.4, 0.5) is 0 Å². The third-order valence-electron chi connectivity index (χ3n) is 2.97. The third-order valence-corrected chi connectivity index (χ3v) is 5.59. The Morgan fingerprint density at radius 3 is 1.26 bits per heavy atom. The molecule has 0 aromatic carbocycles. The maximum atomic E-state index is 6.53. The molecule has 0 saturated heterocycles. The highest BCUT2D eigenvalue weighted by Crippen LogP contribution is 2.47. The number of rotatable bonds is 2. The fraction of sp³-hybridized carbons (Fsp3) is 0.529. The summed E-state index contributed by atoms with van der Waals surface area (Å²) in [5, 5.41) is 0.691. The summed E-state index contributed by atoms with van der Waals surface area (Å²) in [7, 11) is -0.133. The fourth-order valence-electron chi connectivity index (χ4n) is 1.82. The monoisotopic (exact) mass is 386 g/mol. The van der Waals surface area contributed by atoms with Gasteiger partial charge in [-0.1, -0.05) is 74.3 Å². The molecular formula is C17H24Cl2O2Si2. The summed E-state index contributed by atoms with van der Waals surface area (Å²) in [6, 6.07) is 0. The lowest BCUT2D eigenvalue weighted by atomic mass is 10.1. The largest absolute Gasteiger partial charge is 0.344 e. The summed E-state index contributed by atoms with van der Waals surface area (Å²) in [5.41, 5.74) is 7.87. The van der Waals surface area contributed by atoms with Gasteiger partial charge in [-0.2, -0.15) is 0 Å². The van der Waals surface area contributed by atoms with Gasteiger partial charge in [-0.05, 0) is 0 Å². The Morgan fingerprint density at radius 1 is 0.739 bits per heavy atom. The van der Waals surface area contributed by atoms with Crippen molar-refractivity contribution in [2.24, 2.45) is 0 Å². The summed E-state index contributed by atoms with van der Waals surface area (Å²) in [6.45, 7) is 13.0. The van der Waals surface area contributed by atoms with Crippen LogP contribution in [0.15, 0.2) is 21.2 Å². The minimum atomic E-state index is -1.57. The first-order chi connectivity index (χ1) is 10.4. The van der Waals surface area contributed by atoms with Crippen molar-refractivity contribution >= 4 is 39.3 Å². The molecule has 1 aliphatic rings. The molecule has 1 rings (SSSR count). The maximum Gasteiger partial charge on any atom is 0.246 e. The first-order valence-electron chi connectivity index (χ1n) is 7.35. The van der Waals surface area contributed by atoms with Crippen molar-refractivity contribution in [2.75, 3.05) is 14.2 Å². The Labute approximate surface area is 152 Å². The molecule has 6 heteroatoms. The Kier molecular flexibility index (Phi) is 6.43. The quantitative estimate of drug-likeness (QED) is 0.387. The second-order valence-electron chi connectivity index (χ2n) is 7.40. The predicted molar refractivity (Wildman–Crippen MR) is 105 cm³/mol. The van der Waals surface area contributed by atoms with Crippen molar-refractivity contribution < 1.29 is 9.47 Å². The van der Waals surface area contributed by atoms with Crippen LogP contribution in [-0.4, -0.2) is 36.2 Å². The lowest BCUT2D eigenvalue weighted by Crippen LogP contribution is -2.33. The molecule has 2 nitrogen and oxygen atoms in total. The molecule has 0 aromatic rings. The Morgan fingerprint density at radius 2 is 1.04 bits per heavy atom. The van der Waals surface area contributed by atoms with E-state index in [2.05, 4.69) is 62.2 Å². The second kappa shape index (κ2) is 7.19. The summed E-state index contributed by atoms with van der Waals surface area (Å²) in [5.74, 6) is 5.07. The summed E-state index contributed by atoms with van der Waals surface area (Å²) < 4.78 is 11.0. The molecular weight excluding hydrogens is 363 g/mol. The molecule has 0 spiro atoms. The first-order valence-corrected chi connectivity index (χ1v) is 15.1. The number of allylic oxidation sites excluding steroid dienone is 2. The number of hydrogen-bond donors (Lipinski definition) is 0. The average Bonchev–Trinajstić information content (AvgIpc) is 2.61. The van der Waals surface area contributed by atoms with E-state index < -0.39 is 21.9 Å². The Bertz CT molecular complexity index is 612. The number of ether oxygens (including phenoxy) is 2. The van der Waals surface area contributed by atoms with Crippen molar-refractivity contribution in [3.8, 4) is 22.9 Å². The average molecular weight is 387 g/mol. The van der Waals surface area contributed by atoms with Crippen molar-refractivity contribution in [2.45, 2.75) is 45.1 Å². The molecule has 1 aliphatic carbocycles. The minimum absolute atomic E-state index is 0.345. The van der Waals surface area contributed by atoms with Crippen LogP contribution in [0.3, 0.4) is 0 Å². The van der Waals surface area contributed by atoms with E-state index in [-0.39, 0.29) is 0 Å². The topological polar surface area (TPSA) is 18.5 Å². The van der Waals surface area contributed by atoms with E-state index in [9.17, 15) is 0 Å². The molecule has 0 saturated carbocycles. The van der Waals surface area contributed by atoms with Gasteiger partial charge in [0.05, 0.1) is 21.2 Å². The van der Waals surface area contributed by atoms with Gasteiger partial charge in [-0.15, -0.1) is 11.1 Å². The van der Waals surface area contributed by atoms with E-state index in [0.717, 1.165) is 0 Å². The van der Waals surface area contributed by atoms with Crippen molar-refractivity contribution in [1.29, 1.82) is 0 Å². The zero-order chi connectivity index (χ0) is 18.1. The molecule has 0 heterocycles. The molecule has 0 aliphatic heterocycles. The number of hydrogen-bond acceptors (Lipinski definition) is 2. The van der Waals surface area contributed by atoms with E-state index in [0.29, 0.717) is 21.2 Å². The zero-order valence-electron chi connectivity index (χ0n) is 15.1. The van der Waals surface area contributed by atoms with Crippen molar-refractivity contribution in [3.63, 3.8) is 0 Å². The summed E-state index contributed by atoms with van der Waals surface area (Å²) in [6.07, 6.45) is 0. The number of halogens is 2. The van der Waals surface area contributed by atoms with Crippen molar-refractivity contribution in [3.05, 3.63) is 21.2 Å². The normalized spacial score (nSPS) is 17.7. The zero-order valence-corrected chi connectivity index (χ0v) is 18.6. The van der Waals surface area contributed by atoms with Gasteiger partial charge in [0.2, 0.25) is 5.79 Å². The standard InChI is InChI=1S/C17H24Cl2O2Si2/c1-20-17(21-2)15(18)13(9-11-22(3,4)5)14(16(17)19)10-12-23(6,7)8/h1-8H3. The highest BCUT2D eigenvalue weighted by atomic mass is 35.5. The predicted octanol–water partition coefficient (Wildman–Crippen LogP) is 4.74. The van der Waals surface area contributed by atoms with Crippen LogP contribution >= 0.6 is 23.2 Å².